The predicted molar refractivity (Wildman–Crippen MR) is 76.9 cm³/mol. The Labute approximate surface area is 116 Å². The number of aryl methyl sites for hydroxylation is 1. The molecule has 0 aliphatic carbocycles. The second kappa shape index (κ2) is 8.50. The maximum atomic E-state index is 11.5. The van der Waals surface area contributed by atoms with Crippen molar-refractivity contribution in [2.75, 3.05) is 12.4 Å². The highest BCUT2D eigenvalue weighted by Gasteiger charge is 2.08. The summed E-state index contributed by atoms with van der Waals surface area (Å²) in [5.41, 5.74) is 1.09. The van der Waals surface area contributed by atoms with Crippen molar-refractivity contribution in [3.8, 4) is 0 Å². The van der Waals surface area contributed by atoms with E-state index in [-0.39, 0.29) is 18.6 Å². The van der Waals surface area contributed by atoms with E-state index >= 15 is 0 Å². The van der Waals surface area contributed by atoms with Crippen molar-refractivity contribution in [2.45, 2.75) is 38.5 Å². The highest BCUT2D eigenvalue weighted by Crippen LogP contribution is 2.15. The lowest BCUT2D eigenvalue weighted by atomic mass is 10.2. The smallest absolute Gasteiger partial charge is 0.221 e. The number of nitrogens with zero attached hydrogens (tertiary/aromatic N) is 1. The van der Waals surface area contributed by atoms with Gasteiger partial charge in [-0.25, -0.2) is 4.98 Å². The standard InChI is InChI=1S/C12H20N2O2S2/c1-3-10(6-15)14-12(16)4-5-17-7-11-8-18-9(2)13-11/h8,10,15H,3-7H2,1-2H3,(H,14,16)/t10-/m0/s1. The molecule has 1 aromatic heterocycles. The van der Waals surface area contributed by atoms with E-state index in [0.29, 0.717) is 6.42 Å². The second-order valence-electron chi connectivity index (χ2n) is 4.02. The van der Waals surface area contributed by atoms with Crippen LogP contribution in [0.5, 0.6) is 0 Å². The number of nitrogens with one attached hydrogen (secondary N) is 1. The Bertz CT molecular complexity index is 365. The monoisotopic (exact) mass is 288 g/mol. The molecule has 18 heavy (non-hydrogen) atoms. The number of amides is 1. The van der Waals surface area contributed by atoms with Gasteiger partial charge in [-0.1, -0.05) is 6.92 Å². The number of aliphatic hydroxyl groups is 1. The fraction of sp³-hybridized carbons (Fsp3) is 0.667. The number of hydrogen-bond acceptors (Lipinski definition) is 5. The van der Waals surface area contributed by atoms with E-state index in [1.807, 2.05) is 13.8 Å². The molecule has 0 spiro atoms. The summed E-state index contributed by atoms with van der Waals surface area (Å²) in [6.07, 6.45) is 1.25. The summed E-state index contributed by atoms with van der Waals surface area (Å²) in [7, 11) is 0. The Morgan fingerprint density at radius 3 is 3.00 bits per heavy atom. The van der Waals surface area contributed by atoms with Gasteiger partial charge in [-0.2, -0.15) is 11.8 Å². The largest absolute Gasteiger partial charge is 0.394 e. The maximum absolute atomic E-state index is 11.5. The molecule has 2 N–H and O–H groups in total. The van der Waals surface area contributed by atoms with Crippen LogP contribution in [-0.4, -0.2) is 34.4 Å². The molecule has 0 aliphatic heterocycles. The summed E-state index contributed by atoms with van der Waals surface area (Å²) in [5.74, 6) is 1.65. The van der Waals surface area contributed by atoms with Crippen LogP contribution in [0, 0.1) is 6.92 Å². The number of rotatable bonds is 8. The van der Waals surface area contributed by atoms with Gasteiger partial charge in [0.05, 0.1) is 23.4 Å². The Morgan fingerprint density at radius 2 is 2.44 bits per heavy atom. The maximum Gasteiger partial charge on any atom is 0.221 e. The van der Waals surface area contributed by atoms with E-state index in [9.17, 15) is 4.79 Å². The van der Waals surface area contributed by atoms with E-state index in [4.69, 9.17) is 5.11 Å². The molecule has 6 heteroatoms. The van der Waals surface area contributed by atoms with Crippen molar-refractivity contribution in [3.05, 3.63) is 16.1 Å². The van der Waals surface area contributed by atoms with Crippen molar-refractivity contribution in [1.29, 1.82) is 0 Å². The fourth-order valence-corrected chi connectivity index (χ4v) is 2.94. The van der Waals surface area contributed by atoms with Crippen molar-refractivity contribution in [2.24, 2.45) is 0 Å². The first-order chi connectivity index (χ1) is 8.65. The zero-order valence-corrected chi connectivity index (χ0v) is 12.4. The molecule has 0 unspecified atom stereocenters. The first kappa shape index (κ1) is 15.5. The van der Waals surface area contributed by atoms with Crippen LogP contribution >= 0.6 is 23.1 Å². The first-order valence-corrected chi connectivity index (χ1v) is 8.08. The van der Waals surface area contributed by atoms with E-state index in [0.717, 1.165) is 28.6 Å². The molecule has 1 atom stereocenters. The van der Waals surface area contributed by atoms with Gasteiger partial charge in [-0.15, -0.1) is 11.3 Å². The summed E-state index contributed by atoms with van der Waals surface area (Å²) in [4.78, 5) is 15.9. The van der Waals surface area contributed by atoms with Crippen LogP contribution < -0.4 is 5.32 Å². The molecular formula is C12H20N2O2S2. The van der Waals surface area contributed by atoms with Crippen molar-refractivity contribution in [3.63, 3.8) is 0 Å². The molecule has 1 amide bonds. The Kier molecular flexibility index (Phi) is 7.31. The lowest BCUT2D eigenvalue weighted by Gasteiger charge is -2.13. The molecule has 0 bridgehead atoms. The van der Waals surface area contributed by atoms with Gasteiger partial charge in [-0.05, 0) is 13.3 Å². The van der Waals surface area contributed by atoms with Gasteiger partial charge in [0, 0.05) is 23.3 Å². The number of aliphatic hydroxyl groups excluding tert-OH is 1. The van der Waals surface area contributed by atoms with Gasteiger partial charge < -0.3 is 10.4 Å². The van der Waals surface area contributed by atoms with Crippen LogP contribution in [0.3, 0.4) is 0 Å². The Balaban J connectivity index is 2.12. The Hall–Kier alpha value is -0.590. The van der Waals surface area contributed by atoms with E-state index in [2.05, 4.69) is 15.7 Å². The number of hydrogen-bond donors (Lipinski definition) is 2. The van der Waals surface area contributed by atoms with E-state index < -0.39 is 0 Å². The summed E-state index contributed by atoms with van der Waals surface area (Å²) in [5, 5.41) is 14.9. The lowest BCUT2D eigenvalue weighted by molar-refractivity contribution is -0.121. The summed E-state index contributed by atoms with van der Waals surface area (Å²) in [6, 6.07) is -0.108. The molecule has 102 valence electrons. The van der Waals surface area contributed by atoms with Crippen molar-refractivity contribution in [1.82, 2.24) is 10.3 Å². The molecule has 0 saturated heterocycles. The number of carbonyl (C=O) groups excluding carboxylic acids is 1. The van der Waals surface area contributed by atoms with Gasteiger partial charge in [0.15, 0.2) is 0 Å². The van der Waals surface area contributed by atoms with Crippen LogP contribution in [0.1, 0.15) is 30.5 Å². The van der Waals surface area contributed by atoms with Gasteiger partial charge in [0.25, 0.3) is 0 Å². The molecule has 0 aliphatic rings. The third kappa shape index (κ3) is 5.84. The highest BCUT2D eigenvalue weighted by atomic mass is 32.2. The van der Waals surface area contributed by atoms with Crippen LogP contribution in [-0.2, 0) is 10.5 Å². The molecule has 1 aromatic rings. The quantitative estimate of drug-likeness (QED) is 0.718. The number of carbonyl (C=O) groups is 1. The highest BCUT2D eigenvalue weighted by molar-refractivity contribution is 7.98. The zero-order valence-electron chi connectivity index (χ0n) is 10.8. The average Bonchev–Trinajstić information content (AvgIpc) is 2.77. The predicted octanol–water partition coefficient (Wildman–Crippen LogP) is 1.96. The molecule has 4 nitrogen and oxygen atoms in total. The third-order valence-electron chi connectivity index (χ3n) is 2.47. The number of aromatic nitrogens is 1. The molecule has 1 heterocycles. The molecular weight excluding hydrogens is 268 g/mol. The van der Waals surface area contributed by atoms with Crippen LogP contribution in [0.4, 0.5) is 0 Å². The summed E-state index contributed by atoms with van der Waals surface area (Å²) in [6.45, 7) is 3.94. The minimum atomic E-state index is -0.108. The number of thiazole rings is 1. The fourth-order valence-electron chi connectivity index (χ4n) is 1.39. The molecule has 0 saturated carbocycles. The van der Waals surface area contributed by atoms with Crippen LogP contribution in [0.25, 0.3) is 0 Å². The average molecular weight is 288 g/mol. The zero-order chi connectivity index (χ0) is 13.4. The third-order valence-corrected chi connectivity index (χ3v) is 4.28. The van der Waals surface area contributed by atoms with E-state index in [1.54, 1.807) is 23.1 Å². The Morgan fingerprint density at radius 1 is 1.67 bits per heavy atom. The number of thioether (sulfide) groups is 1. The topological polar surface area (TPSA) is 62.2 Å². The molecule has 0 fully saturated rings. The van der Waals surface area contributed by atoms with Gasteiger partial charge >= 0.3 is 0 Å². The van der Waals surface area contributed by atoms with Crippen molar-refractivity contribution < 1.29 is 9.90 Å². The molecule has 0 radical (unpaired) electrons. The van der Waals surface area contributed by atoms with Crippen LogP contribution in [0.2, 0.25) is 0 Å². The van der Waals surface area contributed by atoms with Gasteiger partial charge in [0.2, 0.25) is 5.91 Å². The lowest BCUT2D eigenvalue weighted by Crippen LogP contribution is -2.37. The van der Waals surface area contributed by atoms with Crippen molar-refractivity contribution >= 4 is 29.0 Å². The second-order valence-corrected chi connectivity index (χ2v) is 6.18. The van der Waals surface area contributed by atoms with Crippen LogP contribution in [0.15, 0.2) is 5.38 Å². The summed E-state index contributed by atoms with van der Waals surface area (Å²) >= 11 is 3.36. The SMILES string of the molecule is CC[C@@H](CO)NC(=O)CCSCc1csc(C)n1. The first-order valence-electron chi connectivity index (χ1n) is 6.04. The molecule has 0 aromatic carbocycles. The minimum Gasteiger partial charge on any atom is -0.394 e. The summed E-state index contributed by atoms with van der Waals surface area (Å²) < 4.78 is 0. The minimum absolute atomic E-state index is 0.00742. The molecule has 1 rings (SSSR count). The van der Waals surface area contributed by atoms with Gasteiger partial charge in [-0.3, -0.25) is 4.79 Å². The van der Waals surface area contributed by atoms with E-state index in [1.165, 1.54) is 0 Å². The normalized spacial score (nSPS) is 12.4. The van der Waals surface area contributed by atoms with Gasteiger partial charge in [0.1, 0.15) is 0 Å².